The number of sulfonamides is 1. The molecule has 2 aromatic heterocycles. The molecule has 0 bridgehead atoms. The monoisotopic (exact) mass is 361 g/mol. The molecule has 0 aliphatic heterocycles. The summed E-state index contributed by atoms with van der Waals surface area (Å²) in [7, 11) is -3.83. The summed E-state index contributed by atoms with van der Waals surface area (Å²) in [5.74, 6) is 1.15. The third-order valence-corrected chi connectivity index (χ3v) is 5.02. The van der Waals surface area contributed by atoms with Crippen molar-refractivity contribution >= 4 is 15.7 Å². The molecule has 25 heavy (non-hydrogen) atoms. The summed E-state index contributed by atoms with van der Waals surface area (Å²) in [6.07, 6.45) is 0. The Bertz CT molecular complexity index is 989. The fourth-order valence-corrected chi connectivity index (χ4v) is 3.69. The molecule has 0 spiro atoms. The predicted molar refractivity (Wildman–Crippen MR) is 94.2 cm³/mol. The average Bonchev–Trinajstić information content (AvgIpc) is 3.15. The van der Waals surface area contributed by atoms with Gasteiger partial charge in [0.2, 0.25) is 0 Å². The Morgan fingerprint density at radius 2 is 2.00 bits per heavy atom. The molecule has 0 unspecified atom stereocenters. The van der Waals surface area contributed by atoms with E-state index in [9.17, 15) is 8.42 Å². The van der Waals surface area contributed by atoms with Crippen molar-refractivity contribution < 1.29 is 17.6 Å². The number of hydrogen-bond acceptors (Lipinski definition) is 5. The molecule has 3 rings (SSSR count). The Balaban J connectivity index is 1.94. The number of nitrogens with zero attached hydrogens (tertiary/aromatic N) is 1. The maximum absolute atomic E-state index is 12.8. The standard InChI is InChI=1S/C17H19N3O4S/c1-4-23-15-8-6-5-7-13(15)20-25(21,22)17-10-16(24-12(17)3)14-9-11(2)18-19-14/h5-10,20H,4H2,1-3H3,(H,18,19). The van der Waals surface area contributed by atoms with Gasteiger partial charge in [-0.25, -0.2) is 8.42 Å². The molecule has 0 atom stereocenters. The summed E-state index contributed by atoms with van der Waals surface area (Å²) < 4.78 is 39.2. The molecule has 0 aliphatic carbocycles. The predicted octanol–water partition coefficient (Wildman–Crippen LogP) is 3.49. The molecular formula is C17H19N3O4S. The van der Waals surface area contributed by atoms with Gasteiger partial charge < -0.3 is 9.15 Å². The van der Waals surface area contributed by atoms with E-state index in [4.69, 9.17) is 9.15 Å². The summed E-state index contributed by atoms with van der Waals surface area (Å²) in [4.78, 5) is 0.0643. The van der Waals surface area contributed by atoms with Gasteiger partial charge in [0.05, 0.1) is 12.3 Å². The number of para-hydroxylation sites is 2. The van der Waals surface area contributed by atoms with Crippen molar-refractivity contribution in [3.63, 3.8) is 0 Å². The van der Waals surface area contributed by atoms with Gasteiger partial charge in [0.1, 0.15) is 22.1 Å². The SMILES string of the molecule is CCOc1ccccc1NS(=O)(=O)c1cc(-c2cc(C)[nH]n2)oc1C. The van der Waals surface area contributed by atoms with Crippen molar-refractivity contribution in [3.05, 3.63) is 47.9 Å². The quantitative estimate of drug-likeness (QED) is 0.700. The Morgan fingerprint density at radius 1 is 1.24 bits per heavy atom. The zero-order valence-corrected chi connectivity index (χ0v) is 15.0. The van der Waals surface area contributed by atoms with Gasteiger partial charge in [0.25, 0.3) is 10.0 Å². The van der Waals surface area contributed by atoms with Crippen LogP contribution in [-0.2, 0) is 10.0 Å². The number of nitrogens with one attached hydrogen (secondary N) is 2. The van der Waals surface area contributed by atoms with Gasteiger partial charge in [-0.15, -0.1) is 0 Å². The van der Waals surface area contributed by atoms with Crippen molar-refractivity contribution in [2.45, 2.75) is 25.7 Å². The molecule has 0 aliphatic rings. The van der Waals surface area contributed by atoms with Crippen LogP contribution in [0.4, 0.5) is 5.69 Å². The highest BCUT2D eigenvalue weighted by molar-refractivity contribution is 7.92. The maximum Gasteiger partial charge on any atom is 0.265 e. The zero-order valence-electron chi connectivity index (χ0n) is 14.2. The third kappa shape index (κ3) is 3.53. The minimum Gasteiger partial charge on any atom is -0.492 e. The average molecular weight is 361 g/mol. The first-order valence-electron chi connectivity index (χ1n) is 7.78. The lowest BCUT2D eigenvalue weighted by molar-refractivity contribution is 0.342. The van der Waals surface area contributed by atoms with Crippen molar-refractivity contribution in [1.29, 1.82) is 0 Å². The number of hydrogen-bond donors (Lipinski definition) is 2. The smallest absolute Gasteiger partial charge is 0.265 e. The number of H-pyrrole nitrogens is 1. The van der Waals surface area contributed by atoms with Crippen LogP contribution in [0.25, 0.3) is 11.5 Å². The van der Waals surface area contributed by atoms with Crippen LogP contribution in [0.5, 0.6) is 5.75 Å². The van der Waals surface area contributed by atoms with Crippen LogP contribution in [0.15, 0.2) is 45.7 Å². The maximum atomic E-state index is 12.8. The lowest BCUT2D eigenvalue weighted by atomic mass is 10.3. The van der Waals surface area contributed by atoms with Crippen LogP contribution in [0.3, 0.4) is 0 Å². The number of furan rings is 1. The van der Waals surface area contributed by atoms with Crippen LogP contribution in [0.2, 0.25) is 0 Å². The highest BCUT2D eigenvalue weighted by Crippen LogP contribution is 2.31. The molecule has 2 N–H and O–H groups in total. The second-order valence-corrected chi connectivity index (χ2v) is 7.15. The molecule has 2 heterocycles. The Kier molecular flexibility index (Phi) is 4.54. The molecule has 0 saturated heterocycles. The van der Waals surface area contributed by atoms with Crippen LogP contribution >= 0.6 is 0 Å². The van der Waals surface area contributed by atoms with E-state index in [1.54, 1.807) is 37.3 Å². The van der Waals surface area contributed by atoms with Crippen LogP contribution in [-0.4, -0.2) is 25.2 Å². The van der Waals surface area contributed by atoms with Crippen LogP contribution in [0.1, 0.15) is 18.4 Å². The highest BCUT2D eigenvalue weighted by atomic mass is 32.2. The van der Waals surface area contributed by atoms with E-state index in [0.29, 0.717) is 29.5 Å². The second-order valence-electron chi connectivity index (χ2n) is 5.50. The molecule has 3 aromatic rings. The number of aromatic nitrogens is 2. The van der Waals surface area contributed by atoms with Gasteiger partial charge in [0, 0.05) is 11.8 Å². The molecular weight excluding hydrogens is 342 g/mol. The van der Waals surface area contributed by atoms with E-state index < -0.39 is 10.0 Å². The summed E-state index contributed by atoms with van der Waals surface area (Å²) in [6.45, 7) is 5.73. The first-order chi connectivity index (χ1) is 11.9. The molecule has 1 aromatic carbocycles. The first kappa shape index (κ1) is 17.1. The largest absolute Gasteiger partial charge is 0.492 e. The van der Waals surface area contributed by atoms with Crippen molar-refractivity contribution in [1.82, 2.24) is 10.2 Å². The van der Waals surface area contributed by atoms with E-state index in [0.717, 1.165) is 5.69 Å². The molecule has 7 nitrogen and oxygen atoms in total. The van der Waals surface area contributed by atoms with Crippen LogP contribution in [0, 0.1) is 13.8 Å². The first-order valence-corrected chi connectivity index (χ1v) is 9.26. The van der Waals surface area contributed by atoms with Crippen molar-refractivity contribution in [2.75, 3.05) is 11.3 Å². The van der Waals surface area contributed by atoms with Gasteiger partial charge in [-0.3, -0.25) is 9.82 Å². The number of aryl methyl sites for hydroxylation is 2. The molecule has 8 heteroatoms. The molecule has 0 fully saturated rings. The topological polar surface area (TPSA) is 97.2 Å². The van der Waals surface area contributed by atoms with Crippen LogP contribution < -0.4 is 9.46 Å². The number of benzene rings is 1. The number of anilines is 1. The Morgan fingerprint density at radius 3 is 2.68 bits per heavy atom. The number of aromatic amines is 1. The van der Waals surface area contributed by atoms with E-state index in [1.807, 2.05) is 13.8 Å². The molecule has 0 radical (unpaired) electrons. The molecule has 0 saturated carbocycles. The van der Waals surface area contributed by atoms with Gasteiger partial charge in [-0.1, -0.05) is 12.1 Å². The minimum absolute atomic E-state index is 0.0643. The van der Waals surface area contributed by atoms with Gasteiger partial charge in [-0.2, -0.15) is 5.10 Å². The third-order valence-electron chi connectivity index (χ3n) is 3.55. The highest BCUT2D eigenvalue weighted by Gasteiger charge is 2.24. The van der Waals surface area contributed by atoms with Crippen molar-refractivity contribution in [2.24, 2.45) is 0 Å². The lowest BCUT2D eigenvalue weighted by Crippen LogP contribution is -2.14. The summed E-state index contributed by atoms with van der Waals surface area (Å²) in [5, 5.41) is 6.90. The zero-order chi connectivity index (χ0) is 18.0. The lowest BCUT2D eigenvalue weighted by Gasteiger charge is -2.12. The summed E-state index contributed by atoms with van der Waals surface area (Å²) in [6, 6.07) is 10.1. The second kappa shape index (κ2) is 6.64. The van der Waals surface area contributed by atoms with E-state index >= 15 is 0 Å². The van der Waals surface area contributed by atoms with E-state index in [2.05, 4.69) is 14.9 Å². The fourth-order valence-electron chi connectivity index (χ4n) is 2.43. The van der Waals surface area contributed by atoms with Gasteiger partial charge in [0.15, 0.2) is 5.76 Å². The summed E-state index contributed by atoms with van der Waals surface area (Å²) in [5.41, 5.74) is 1.79. The van der Waals surface area contributed by atoms with Gasteiger partial charge in [-0.05, 0) is 39.0 Å². The van der Waals surface area contributed by atoms with Gasteiger partial charge >= 0.3 is 0 Å². The number of ether oxygens (including phenoxy) is 1. The summed E-state index contributed by atoms with van der Waals surface area (Å²) >= 11 is 0. The van der Waals surface area contributed by atoms with E-state index in [-0.39, 0.29) is 10.7 Å². The Labute approximate surface area is 146 Å². The Hall–Kier alpha value is -2.74. The number of rotatable bonds is 6. The van der Waals surface area contributed by atoms with Crippen molar-refractivity contribution in [3.8, 4) is 17.2 Å². The fraction of sp³-hybridized carbons (Fsp3) is 0.235. The van der Waals surface area contributed by atoms with E-state index in [1.165, 1.54) is 6.07 Å². The molecule has 132 valence electrons. The normalized spacial score (nSPS) is 11.5. The minimum atomic E-state index is -3.83. The molecule has 0 amide bonds.